The van der Waals surface area contributed by atoms with Gasteiger partial charge in [0.25, 0.3) is 0 Å². The summed E-state index contributed by atoms with van der Waals surface area (Å²) in [5, 5.41) is 52.2. The fraction of sp³-hybridized carbons (Fsp3) is 0.0274. The molecular weight excluding hydrogens is 1090 g/mol. The number of nitrogens with zero attached hydrogens (tertiary/aromatic N) is 7. The van der Waals surface area contributed by atoms with E-state index in [1.54, 1.807) is 78.9 Å². The van der Waals surface area contributed by atoms with Gasteiger partial charge in [-0.25, -0.2) is 0 Å². The third-order valence-corrected chi connectivity index (χ3v) is 15.8. The Morgan fingerprint density at radius 3 is 0.977 bits per heavy atom. The molecule has 0 atom stereocenters. The van der Waals surface area contributed by atoms with Gasteiger partial charge in [-0.05, 0) is 201 Å². The molecule has 0 aliphatic carbocycles. The van der Waals surface area contributed by atoms with Crippen LogP contribution in [0.3, 0.4) is 0 Å². The Hall–Kier alpha value is -12.0. The molecule has 406 valence electrons. The van der Waals surface area contributed by atoms with Crippen molar-refractivity contribution in [3.8, 4) is 108 Å². The van der Waals surface area contributed by atoms with Crippen LogP contribution >= 0.6 is 0 Å². The molecule has 0 radical (unpaired) electrons. The minimum atomic E-state index is -5.26. The van der Waals surface area contributed by atoms with Crippen molar-refractivity contribution < 1.29 is 26.3 Å². The van der Waals surface area contributed by atoms with Gasteiger partial charge in [0.05, 0.1) is 97.0 Å². The van der Waals surface area contributed by atoms with Gasteiger partial charge in [-0.1, -0.05) is 84.9 Å². The van der Waals surface area contributed by atoms with Gasteiger partial charge in [0, 0.05) is 32.8 Å². The number of fused-ring (bicyclic) bond motifs is 6. The molecule has 86 heavy (non-hydrogen) atoms. The van der Waals surface area contributed by atoms with Crippen molar-refractivity contribution in [2.75, 3.05) is 0 Å². The molecule has 0 amide bonds. The summed E-state index contributed by atoms with van der Waals surface area (Å²) >= 11 is 0. The quantitative estimate of drug-likeness (QED) is 0.140. The molecule has 0 aliphatic rings. The maximum Gasteiger partial charge on any atom is 0.417 e. The monoisotopic (exact) mass is 1130 g/mol. The van der Waals surface area contributed by atoms with E-state index in [9.17, 15) is 39.5 Å². The Balaban J connectivity index is 1.10. The Morgan fingerprint density at radius 1 is 0.267 bits per heavy atom. The van der Waals surface area contributed by atoms with Crippen LogP contribution in [0.2, 0.25) is 0 Å². The van der Waals surface area contributed by atoms with Gasteiger partial charge in [0.2, 0.25) is 0 Å². The molecule has 0 fully saturated rings. The van der Waals surface area contributed by atoms with Gasteiger partial charge in [-0.2, -0.15) is 52.7 Å². The van der Waals surface area contributed by atoms with Gasteiger partial charge in [-0.3, -0.25) is 0 Å². The Morgan fingerprint density at radius 2 is 0.616 bits per heavy atom. The molecule has 0 N–H and O–H groups in total. The molecule has 0 aliphatic heterocycles. The Bertz CT molecular complexity index is 4940. The molecule has 0 saturated heterocycles. The summed E-state index contributed by atoms with van der Waals surface area (Å²) in [4.78, 5) is 0. The Labute approximate surface area is 487 Å². The summed E-state index contributed by atoms with van der Waals surface area (Å²) in [5.74, 6) is 0. The number of benzene rings is 11. The van der Waals surface area contributed by atoms with E-state index in [0.29, 0.717) is 61.8 Å². The van der Waals surface area contributed by atoms with Crippen molar-refractivity contribution in [1.29, 1.82) is 26.3 Å². The summed E-state index contributed by atoms with van der Waals surface area (Å²) in [6, 6.07) is 74.5. The summed E-state index contributed by atoms with van der Waals surface area (Å²) in [6.07, 6.45) is -10.4. The molecule has 13 aromatic rings. The maximum absolute atomic E-state index is 15.6. The highest BCUT2D eigenvalue weighted by Crippen LogP contribution is 2.48. The van der Waals surface area contributed by atoms with E-state index in [0.717, 1.165) is 72.1 Å². The van der Waals surface area contributed by atoms with Crippen LogP contribution < -0.4 is 0 Å². The van der Waals surface area contributed by atoms with Crippen molar-refractivity contribution in [1.82, 2.24) is 9.13 Å². The standard InChI is InChI=1S/C73H37F6N7/c74-72(75,76)56-22-24-59(66(36-56)73(77,78)79)58-25-23-57(85-67-27-18-52(48-10-1-43(38-80)2-11-48)32-62(67)63-33-53(19-28-68(63)85)49-12-3-44(39-81)4-13-49)37-60(58)61-31-47(42-84)9-26-69(61)86-70-29-20-54(50-14-5-45(40-82)6-15-50)34-64(70)65-35-55(21-30-71(65)86)51-16-7-46(41-83)8-17-51/h1-37H. The third kappa shape index (κ3) is 9.37. The van der Waals surface area contributed by atoms with Gasteiger partial charge in [0.15, 0.2) is 0 Å². The number of hydrogen-bond donors (Lipinski definition) is 0. The Kier molecular flexibility index (Phi) is 12.9. The fourth-order valence-electron chi connectivity index (χ4n) is 11.6. The van der Waals surface area contributed by atoms with E-state index in [4.69, 9.17) is 0 Å². The zero-order chi connectivity index (χ0) is 59.6. The second-order valence-corrected chi connectivity index (χ2v) is 20.7. The number of nitriles is 5. The predicted octanol–water partition coefficient (Wildman–Crippen LogP) is 19.3. The van der Waals surface area contributed by atoms with Crippen LogP contribution in [0.25, 0.3) is 122 Å². The second kappa shape index (κ2) is 20.8. The fourth-order valence-corrected chi connectivity index (χ4v) is 11.6. The molecule has 0 saturated carbocycles. The first-order chi connectivity index (χ1) is 41.6. The lowest BCUT2D eigenvalue weighted by Crippen LogP contribution is -2.12. The third-order valence-electron chi connectivity index (χ3n) is 15.8. The van der Waals surface area contributed by atoms with E-state index in [2.05, 4.69) is 30.3 Å². The van der Waals surface area contributed by atoms with E-state index >= 15 is 13.2 Å². The van der Waals surface area contributed by atoms with E-state index in [1.165, 1.54) is 6.07 Å². The van der Waals surface area contributed by atoms with E-state index in [-0.39, 0.29) is 28.3 Å². The number of halogens is 6. The lowest BCUT2D eigenvalue weighted by Gasteiger charge is -2.22. The molecule has 11 aromatic carbocycles. The van der Waals surface area contributed by atoms with Gasteiger partial charge < -0.3 is 9.13 Å². The van der Waals surface area contributed by atoms with Crippen molar-refractivity contribution in [2.24, 2.45) is 0 Å². The zero-order valence-corrected chi connectivity index (χ0v) is 44.8. The summed E-state index contributed by atoms with van der Waals surface area (Å²) in [6.45, 7) is 0. The first-order valence-corrected chi connectivity index (χ1v) is 26.8. The van der Waals surface area contributed by atoms with Gasteiger partial charge >= 0.3 is 12.4 Å². The van der Waals surface area contributed by atoms with Crippen LogP contribution in [-0.2, 0) is 12.4 Å². The van der Waals surface area contributed by atoms with Crippen molar-refractivity contribution in [2.45, 2.75) is 12.4 Å². The molecule has 7 nitrogen and oxygen atoms in total. The maximum atomic E-state index is 15.6. The van der Waals surface area contributed by atoms with Crippen LogP contribution in [0.1, 0.15) is 38.9 Å². The molecule has 2 heterocycles. The SMILES string of the molecule is N#Cc1ccc(-c2ccc3c(c2)c2cc(-c4ccc(C#N)cc4)ccc2n3-c2ccc(-c3ccc(C(F)(F)F)cc3C(F)(F)F)c(-c3cc(C#N)ccc3-n3c4ccc(-c5ccc(C#N)cc5)cc4c4cc(-c5ccc(C#N)cc5)ccc43)c2)cc1. The van der Waals surface area contributed by atoms with Crippen molar-refractivity contribution >= 4 is 43.6 Å². The largest absolute Gasteiger partial charge is 0.417 e. The molecule has 13 heteroatoms. The number of aromatic nitrogens is 2. The highest BCUT2D eigenvalue weighted by atomic mass is 19.4. The summed E-state index contributed by atoms with van der Waals surface area (Å²) in [7, 11) is 0. The van der Waals surface area contributed by atoms with Gasteiger partial charge in [0.1, 0.15) is 0 Å². The lowest BCUT2D eigenvalue weighted by molar-refractivity contribution is -0.142. The molecular formula is C73H37F6N7. The molecule has 0 bridgehead atoms. The highest BCUT2D eigenvalue weighted by Gasteiger charge is 2.39. The van der Waals surface area contributed by atoms with Crippen LogP contribution in [0.4, 0.5) is 26.3 Å². The minimum Gasteiger partial charge on any atom is -0.309 e. The topological polar surface area (TPSA) is 129 Å². The molecule has 13 rings (SSSR count). The van der Waals surface area contributed by atoms with Crippen LogP contribution in [0, 0.1) is 56.7 Å². The molecule has 2 aromatic heterocycles. The number of alkyl halides is 6. The average Bonchev–Trinajstić information content (AvgIpc) is 2.35. The van der Waals surface area contributed by atoms with Crippen molar-refractivity contribution in [3.05, 3.63) is 263 Å². The minimum absolute atomic E-state index is 0.0647. The molecule has 0 unspecified atom stereocenters. The number of hydrogen-bond acceptors (Lipinski definition) is 5. The van der Waals surface area contributed by atoms with Crippen LogP contribution in [0.15, 0.2) is 224 Å². The predicted molar refractivity (Wildman–Crippen MR) is 321 cm³/mol. The summed E-state index contributed by atoms with van der Waals surface area (Å²) < 4.78 is 93.8. The normalized spacial score (nSPS) is 11.5. The smallest absolute Gasteiger partial charge is 0.309 e. The van der Waals surface area contributed by atoms with Crippen molar-refractivity contribution in [3.63, 3.8) is 0 Å². The lowest BCUT2D eigenvalue weighted by atomic mass is 9.88. The summed E-state index contributed by atoms with van der Waals surface area (Å²) in [5.41, 5.74) is 9.23. The average molecular weight is 1130 g/mol. The second-order valence-electron chi connectivity index (χ2n) is 20.7. The van der Waals surface area contributed by atoms with Crippen LogP contribution in [0.5, 0.6) is 0 Å². The highest BCUT2D eigenvalue weighted by molar-refractivity contribution is 6.14. The van der Waals surface area contributed by atoms with E-state index < -0.39 is 29.0 Å². The van der Waals surface area contributed by atoms with Crippen LogP contribution in [-0.4, -0.2) is 9.13 Å². The van der Waals surface area contributed by atoms with E-state index in [1.807, 2.05) is 130 Å². The van der Waals surface area contributed by atoms with Gasteiger partial charge in [-0.15, -0.1) is 0 Å². The molecule has 0 spiro atoms. The number of rotatable bonds is 8. The zero-order valence-electron chi connectivity index (χ0n) is 44.8. The first kappa shape index (κ1) is 53.4. The first-order valence-electron chi connectivity index (χ1n) is 26.8.